The second kappa shape index (κ2) is 5.97. The number of amides is 1. The number of sulfone groups is 1. The Kier molecular flexibility index (Phi) is 4.46. The van der Waals surface area contributed by atoms with E-state index >= 15 is 0 Å². The summed E-state index contributed by atoms with van der Waals surface area (Å²) in [6, 6.07) is 2.55. The first-order valence-corrected chi connectivity index (χ1v) is 8.25. The monoisotopic (exact) mass is 318 g/mol. The second-order valence-electron chi connectivity index (χ2n) is 5.04. The van der Waals surface area contributed by atoms with Gasteiger partial charge in [0.15, 0.2) is 9.84 Å². The summed E-state index contributed by atoms with van der Waals surface area (Å²) in [5.74, 6) is -1.62. The maximum absolute atomic E-state index is 13.4. The molecule has 1 fully saturated rings. The number of carbonyl (C=O) groups is 1. The Labute approximate surface area is 121 Å². The predicted octanol–water partition coefficient (Wildman–Crippen LogP) is 1.02. The predicted molar refractivity (Wildman–Crippen MR) is 74.7 cm³/mol. The molecule has 1 aliphatic heterocycles. The molecule has 0 aliphatic carbocycles. The minimum absolute atomic E-state index is 0.0520. The molecular formula is C13H16F2N2O3S. The highest BCUT2D eigenvalue weighted by atomic mass is 32.2. The van der Waals surface area contributed by atoms with E-state index in [0.717, 1.165) is 18.2 Å². The summed E-state index contributed by atoms with van der Waals surface area (Å²) in [6.45, 7) is -0.229. The molecule has 1 heterocycles. The summed E-state index contributed by atoms with van der Waals surface area (Å²) in [4.78, 5) is 13.3. The summed E-state index contributed by atoms with van der Waals surface area (Å²) in [5.41, 5.74) is -0.101. The minimum atomic E-state index is -3.08. The summed E-state index contributed by atoms with van der Waals surface area (Å²) in [6.07, 6.45) is 0.402. The lowest BCUT2D eigenvalue weighted by Crippen LogP contribution is -2.41. The van der Waals surface area contributed by atoms with Crippen LogP contribution in [0.2, 0.25) is 0 Å². The van der Waals surface area contributed by atoms with Crippen LogP contribution >= 0.6 is 0 Å². The molecule has 0 radical (unpaired) electrons. The molecule has 1 saturated heterocycles. The van der Waals surface area contributed by atoms with Crippen LogP contribution < -0.4 is 5.32 Å². The van der Waals surface area contributed by atoms with E-state index in [9.17, 15) is 22.0 Å². The van der Waals surface area contributed by atoms with Gasteiger partial charge >= 0.3 is 0 Å². The van der Waals surface area contributed by atoms with Gasteiger partial charge in [0, 0.05) is 13.1 Å². The summed E-state index contributed by atoms with van der Waals surface area (Å²) in [7, 11) is -1.57. The van der Waals surface area contributed by atoms with Gasteiger partial charge in [0.25, 0.3) is 0 Å². The van der Waals surface area contributed by atoms with Gasteiger partial charge in [-0.25, -0.2) is 17.2 Å². The molecule has 2 rings (SSSR count). The van der Waals surface area contributed by atoms with Crippen molar-refractivity contribution in [2.45, 2.75) is 12.5 Å². The number of hydrogen-bond donors (Lipinski definition) is 1. The van der Waals surface area contributed by atoms with Crippen molar-refractivity contribution in [2.24, 2.45) is 0 Å². The zero-order chi connectivity index (χ0) is 15.6. The van der Waals surface area contributed by atoms with E-state index in [1.54, 1.807) is 0 Å². The Bertz CT molecular complexity index is 649. The molecule has 0 saturated carbocycles. The first-order valence-electron chi connectivity index (χ1n) is 6.43. The fourth-order valence-corrected chi connectivity index (χ4v) is 3.99. The molecule has 5 nitrogen and oxygen atoms in total. The number of nitrogens with zero attached hydrogens (tertiary/aromatic N) is 1. The van der Waals surface area contributed by atoms with E-state index in [1.165, 1.54) is 11.9 Å². The SMILES string of the molecule is CN(C(=O)CNc1cc(F)ccc1F)C1CCS(=O)(=O)C1. The third-order valence-corrected chi connectivity index (χ3v) is 5.26. The molecular weight excluding hydrogens is 302 g/mol. The van der Waals surface area contributed by atoms with Gasteiger partial charge in [-0.05, 0) is 24.6 Å². The van der Waals surface area contributed by atoms with E-state index in [0.29, 0.717) is 6.42 Å². The zero-order valence-corrected chi connectivity index (χ0v) is 12.3. The molecule has 1 aliphatic rings. The number of nitrogens with one attached hydrogen (secondary N) is 1. The number of anilines is 1. The molecule has 116 valence electrons. The molecule has 1 N–H and O–H groups in total. The molecule has 1 unspecified atom stereocenters. The molecule has 0 spiro atoms. The Morgan fingerprint density at radius 3 is 2.76 bits per heavy atom. The normalized spacial score (nSPS) is 20.2. The Morgan fingerprint density at radius 1 is 1.43 bits per heavy atom. The number of benzene rings is 1. The van der Waals surface area contributed by atoms with Gasteiger partial charge < -0.3 is 10.2 Å². The van der Waals surface area contributed by atoms with Gasteiger partial charge in [0.05, 0.1) is 23.7 Å². The molecule has 21 heavy (non-hydrogen) atoms. The fraction of sp³-hybridized carbons (Fsp3) is 0.462. The van der Waals surface area contributed by atoms with Crippen LogP contribution in [0, 0.1) is 11.6 Å². The van der Waals surface area contributed by atoms with Crippen LogP contribution in [0.15, 0.2) is 18.2 Å². The largest absolute Gasteiger partial charge is 0.374 e. The molecule has 8 heteroatoms. The van der Waals surface area contributed by atoms with E-state index in [1.807, 2.05) is 0 Å². The van der Waals surface area contributed by atoms with Crippen molar-refractivity contribution in [3.05, 3.63) is 29.8 Å². The first kappa shape index (κ1) is 15.7. The Hall–Kier alpha value is -1.70. The highest BCUT2D eigenvalue weighted by molar-refractivity contribution is 7.91. The first-order chi connectivity index (χ1) is 9.78. The summed E-state index contributed by atoms with van der Waals surface area (Å²) < 4.78 is 49.2. The molecule has 0 aromatic heterocycles. The average molecular weight is 318 g/mol. The third-order valence-electron chi connectivity index (χ3n) is 3.51. The topological polar surface area (TPSA) is 66.5 Å². The van der Waals surface area contributed by atoms with Crippen LogP contribution in [0.25, 0.3) is 0 Å². The number of halogens is 2. The van der Waals surface area contributed by atoms with Crippen molar-refractivity contribution in [3.63, 3.8) is 0 Å². The fourth-order valence-electron chi connectivity index (χ4n) is 2.21. The average Bonchev–Trinajstić information content (AvgIpc) is 2.79. The van der Waals surface area contributed by atoms with Crippen molar-refractivity contribution >= 4 is 21.4 Å². The minimum Gasteiger partial charge on any atom is -0.374 e. The quantitative estimate of drug-likeness (QED) is 0.900. The van der Waals surface area contributed by atoms with Crippen molar-refractivity contribution in [2.75, 3.05) is 30.4 Å². The van der Waals surface area contributed by atoms with E-state index in [-0.39, 0.29) is 35.7 Å². The van der Waals surface area contributed by atoms with Gasteiger partial charge in [0.1, 0.15) is 11.6 Å². The van der Waals surface area contributed by atoms with Crippen molar-refractivity contribution in [1.82, 2.24) is 4.90 Å². The van der Waals surface area contributed by atoms with Crippen LogP contribution in [-0.4, -0.2) is 50.4 Å². The Morgan fingerprint density at radius 2 is 2.14 bits per heavy atom. The number of likely N-dealkylation sites (N-methyl/N-ethyl adjacent to an activating group) is 1. The molecule has 1 amide bonds. The van der Waals surface area contributed by atoms with Crippen LogP contribution in [0.5, 0.6) is 0 Å². The van der Waals surface area contributed by atoms with E-state index in [2.05, 4.69) is 5.32 Å². The second-order valence-corrected chi connectivity index (χ2v) is 7.27. The highest BCUT2D eigenvalue weighted by Crippen LogP contribution is 2.18. The van der Waals surface area contributed by atoms with Gasteiger partial charge in [-0.15, -0.1) is 0 Å². The van der Waals surface area contributed by atoms with Gasteiger partial charge in [-0.3, -0.25) is 4.79 Å². The van der Waals surface area contributed by atoms with E-state index in [4.69, 9.17) is 0 Å². The zero-order valence-electron chi connectivity index (χ0n) is 11.5. The lowest BCUT2D eigenvalue weighted by Gasteiger charge is -2.23. The van der Waals surface area contributed by atoms with E-state index < -0.39 is 21.5 Å². The van der Waals surface area contributed by atoms with Gasteiger partial charge in [0.2, 0.25) is 5.91 Å². The maximum Gasteiger partial charge on any atom is 0.241 e. The van der Waals surface area contributed by atoms with Crippen LogP contribution in [0.4, 0.5) is 14.5 Å². The maximum atomic E-state index is 13.4. The highest BCUT2D eigenvalue weighted by Gasteiger charge is 2.32. The standard InChI is InChI=1S/C13H16F2N2O3S/c1-17(10-4-5-21(19,20)8-10)13(18)7-16-12-6-9(14)2-3-11(12)15/h2-3,6,10,16H,4-5,7-8H2,1H3. The van der Waals surface area contributed by atoms with Crippen LogP contribution in [-0.2, 0) is 14.6 Å². The summed E-state index contributed by atoms with van der Waals surface area (Å²) in [5, 5.41) is 2.52. The van der Waals surface area contributed by atoms with Crippen LogP contribution in [0.1, 0.15) is 6.42 Å². The number of rotatable bonds is 4. The van der Waals surface area contributed by atoms with Crippen molar-refractivity contribution in [3.8, 4) is 0 Å². The van der Waals surface area contributed by atoms with Crippen molar-refractivity contribution < 1.29 is 22.0 Å². The van der Waals surface area contributed by atoms with Crippen LogP contribution in [0.3, 0.4) is 0 Å². The lowest BCUT2D eigenvalue weighted by atomic mass is 10.2. The summed E-state index contributed by atoms with van der Waals surface area (Å²) >= 11 is 0. The molecule has 1 aromatic rings. The van der Waals surface area contributed by atoms with Gasteiger partial charge in [-0.2, -0.15) is 0 Å². The number of carbonyl (C=O) groups excluding carboxylic acids is 1. The molecule has 1 atom stereocenters. The lowest BCUT2D eigenvalue weighted by molar-refractivity contribution is -0.129. The van der Waals surface area contributed by atoms with Crippen molar-refractivity contribution in [1.29, 1.82) is 0 Å². The number of hydrogen-bond acceptors (Lipinski definition) is 4. The Balaban J connectivity index is 1.94. The molecule has 0 bridgehead atoms. The third kappa shape index (κ3) is 3.90. The smallest absolute Gasteiger partial charge is 0.241 e. The molecule has 1 aromatic carbocycles. The van der Waals surface area contributed by atoms with Gasteiger partial charge in [-0.1, -0.05) is 0 Å².